The fraction of sp³-hybridized carbons (Fsp3) is 0.938. The van der Waals surface area contributed by atoms with Gasteiger partial charge in [0.25, 0.3) is 0 Å². The standard InChI is InChI=1S/C16H29NO2/c1-15(2,3)13-5-4-9-16(10-8-13,14(18)19)17-11-12-6-7-12/h12-13,17H,4-11H2,1-3H3,(H,18,19). The smallest absolute Gasteiger partial charge is 0.323 e. The Morgan fingerprint density at radius 2 is 1.89 bits per heavy atom. The highest BCUT2D eigenvalue weighted by atomic mass is 16.4. The van der Waals surface area contributed by atoms with Crippen LogP contribution in [0.4, 0.5) is 0 Å². The molecule has 0 radical (unpaired) electrons. The monoisotopic (exact) mass is 267 g/mol. The largest absolute Gasteiger partial charge is 0.480 e. The van der Waals surface area contributed by atoms with Crippen LogP contribution in [0, 0.1) is 17.3 Å². The normalized spacial score (nSPS) is 32.9. The molecule has 3 heteroatoms. The van der Waals surface area contributed by atoms with E-state index in [0.29, 0.717) is 11.3 Å². The van der Waals surface area contributed by atoms with E-state index >= 15 is 0 Å². The third kappa shape index (κ3) is 3.71. The molecule has 0 aromatic heterocycles. The number of nitrogens with one attached hydrogen (secondary N) is 1. The average molecular weight is 267 g/mol. The molecular formula is C16H29NO2. The zero-order valence-electron chi connectivity index (χ0n) is 12.7. The van der Waals surface area contributed by atoms with Gasteiger partial charge in [-0.15, -0.1) is 0 Å². The molecule has 2 aliphatic carbocycles. The number of carbonyl (C=O) groups is 1. The van der Waals surface area contributed by atoms with E-state index in [2.05, 4.69) is 26.1 Å². The predicted octanol–water partition coefficient (Wildman–Crippen LogP) is 3.44. The van der Waals surface area contributed by atoms with E-state index in [4.69, 9.17) is 0 Å². The van der Waals surface area contributed by atoms with Crippen LogP contribution < -0.4 is 5.32 Å². The highest BCUT2D eigenvalue weighted by Gasteiger charge is 2.42. The zero-order valence-corrected chi connectivity index (χ0v) is 12.7. The van der Waals surface area contributed by atoms with Crippen molar-refractivity contribution in [3.63, 3.8) is 0 Å². The van der Waals surface area contributed by atoms with Crippen LogP contribution in [0.15, 0.2) is 0 Å². The average Bonchev–Trinajstić information content (AvgIpc) is 3.12. The molecule has 2 atom stereocenters. The van der Waals surface area contributed by atoms with Gasteiger partial charge in [0.05, 0.1) is 0 Å². The molecule has 3 nitrogen and oxygen atoms in total. The molecule has 0 saturated heterocycles. The number of hydrogen-bond donors (Lipinski definition) is 2. The first-order valence-electron chi connectivity index (χ1n) is 7.82. The lowest BCUT2D eigenvalue weighted by Crippen LogP contribution is -2.52. The van der Waals surface area contributed by atoms with Crippen molar-refractivity contribution in [1.29, 1.82) is 0 Å². The van der Waals surface area contributed by atoms with Crippen LogP contribution in [0.5, 0.6) is 0 Å². The van der Waals surface area contributed by atoms with Crippen molar-refractivity contribution < 1.29 is 9.90 Å². The Bertz CT molecular complexity index is 330. The van der Waals surface area contributed by atoms with Crippen molar-refractivity contribution in [3.8, 4) is 0 Å². The van der Waals surface area contributed by atoms with Crippen LogP contribution in [0.1, 0.15) is 65.7 Å². The van der Waals surface area contributed by atoms with Crippen molar-refractivity contribution in [3.05, 3.63) is 0 Å². The SMILES string of the molecule is CC(C)(C)C1CCCC(NCC2CC2)(C(=O)O)CC1. The molecule has 2 aliphatic rings. The van der Waals surface area contributed by atoms with Gasteiger partial charge in [0.1, 0.15) is 5.54 Å². The Morgan fingerprint density at radius 1 is 1.21 bits per heavy atom. The van der Waals surface area contributed by atoms with E-state index in [1.54, 1.807) is 0 Å². The first kappa shape index (κ1) is 14.8. The minimum Gasteiger partial charge on any atom is -0.480 e. The molecule has 0 aliphatic heterocycles. The maximum Gasteiger partial charge on any atom is 0.323 e. The fourth-order valence-corrected chi connectivity index (χ4v) is 3.33. The Labute approximate surface area is 117 Å². The first-order chi connectivity index (χ1) is 8.83. The molecule has 0 heterocycles. The minimum atomic E-state index is -0.650. The summed E-state index contributed by atoms with van der Waals surface area (Å²) >= 11 is 0. The summed E-state index contributed by atoms with van der Waals surface area (Å²) in [6.07, 6.45) is 7.36. The summed E-state index contributed by atoms with van der Waals surface area (Å²) in [5, 5.41) is 13.1. The van der Waals surface area contributed by atoms with Gasteiger partial charge in [-0.05, 0) is 62.3 Å². The number of aliphatic carboxylic acids is 1. The van der Waals surface area contributed by atoms with Gasteiger partial charge in [0.15, 0.2) is 0 Å². The van der Waals surface area contributed by atoms with Gasteiger partial charge in [0.2, 0.25) is 0 Å². The molecule has 2 unspecified atom stereocenters. The van der Waals surface area contributed by atoms with Crippen molar-refractivity contribution in [2.45, 2.75) is 71.3 Å². The van der Waals surface area contributed by atoms with Gasteiger partial charge in [-0.1, -0.05) is 27.2 Å². The lowest BCUT2D eigenvalue weighted by Gasteiger charge is -2.32. The molecule has 110 valence electrons. The van der Waals surface area contributed by atoms with Gasteiger partial charge >= 0.3 is 5.97 Å². The van der Waals surface area contributed by atoms with E-state index in [9.17, 15) is 9.90 Å². The minimum absolute atomic E-state index is 0.297. The quantitative estimate of drug-likeness (QED) is 0.767. The van der Waals surface area contributed by atoms with Crippen molar-refractivity contribution in [2.75, 3.05) is 6.54 Å². The molecule has 0 bridgehead atoms. The first-order valence-corrected chi connectivity index (χ1v) is 7.82. The van der Waals surface area contributed by atoms with E-state index in [1.807, 2.05) is 0 Å². The molecule has 2 saturated carbocycles. The zero-order chi connectivity index (χ0) is 14.1. The summed E-state index contributed by atoms with van der Waals surface area (Å²) in [4.78, 5) is 11.8. The van der Waals surface area contributed by atoms with Gasteiger partial charge in [0, 0.05) is 0 Å². The number of rotatable bonds is 4. The second-order valence-electron chi connectivity index (χ2n) is 7.71. The molecule has 2 fully saturated rings. The summed E-state index contributed by atoms with van der Waals surface area (Å²) in [6.45, 7) is 7.74. The molecule has 0 aromatic carbocycles. The van der Waals surface area contributed by atoms with Crippen molar-refractivity contribution in [1.82, 2.24) is 5.32 Å². The van der Waals surface area contributed by atoms with Crippen LogP contribution in [-0.2, 0) is 4.79 Å². The highest BCUT2D eigenvalue weighted by Crippen LogP contribution is 2.40. The predicted molar refractivity (Wildman–Crippen MR) is 77.1 cm³/mol. The second kappa shape index (κ2) is 5.43. The van der Waals surface area contributed by atoms with Crippen LogP contribution in [-0.4, -0.2) is 23.2 Å². The Kier molecular flexibility index (Phi) is 4.24. The maximum atomic E-state index is 11.8. The van der Waals surface area contributed by atoms with E-state index in [-0.39, 0.29) is 0 Å². The third-order valence-electron chi connectivity index (χ3n) is 5.14. The molecule has 0 aromatic rings. The second-order valence-corrected chi connectivity index (χ2v) is 7.71. The highest BCUT2D eigenvalue weighted by molar-refractivity contribution is 5.78. The van der Waals surface area contributed by atoms with Crippen LogP contribution in [0.2, 0.25) is 0 Å². The van der Waals surface area contributed by atoms with E-state index in [1.165, 1.54) is 19.3 Å². The summed E-state index contributed by atoms with van der Waals surface area (Å²) < 4.78 is 0. The van der Waals surface area contributed by atoms with Gasteiger partial charge in [-0.25, -0.2) is 0 Å². The molecular weight excluding hydrogens is 238 g/mol. The Hall–Kier alpha value is -0.570. The van der Waals surface area contributed by atoms with Crippen LogP contribution in [0.25, 0.3) is 0 Å². The summed E-state index contributed by atoms with van der Waals surface area (Å²) in [6, 6.07) is 0. The molecule has 2 N–H and O–H groups in total. The Morgan fingerprint density at radius 3 is 2.42 bits per heavy atom. The lowest BCUT2D eigenvalue weighted by atomic mass is 9.76. The number of carboxylic acids is 1. The summed E-state index contributed by atoms with van der Waals surface area (Å²) in [5.41, 5.74) is -0.354. The number of hydrogen-bond acceptors (Lipinski definition) is 2. The topological polar surface area (TPSA) is 49.3 Å². The van der Waals surface area contributed by atoms with Crippen LogP contribution in [0.3, 0.4) is 0 Å². The van der Waals surface area contributed by atoms with Crippen molar-refractivity contribution >= 4 is 5.97 Å². The maximum absolute atomic E-state index is 11.8. The van der Waals surface area contributed by atoms with Gasteiger partial charge in [-0.3, -0.25) is 4.79 Å². The molecule has 2 rings (SSSR count). The number of carboxylic acid groups (broad SMARTS) is 1. The van der Waals surface area contributed by atoms with Gasteiger partial charge < -0.3 is 10.4 Å². The lowest BCUT2D eigenvalue weighted by molar-refractivity contribution is -0.145. The van der Waals surface area contributed by atoms with E-state index in [0.717, 1.165) is 38.1 Å². The third-order valence-corrected chi connectivity index (χ3v) is 5.14. The van der Waals surface area contributed by atoms with Crippen molar-refractivity contribution in [2.24, 2.45) is 17.3 Å². The van der Waals surface area contributed by atoms with Gasteiger partial charge in [-0.2, -0.15) is 0 Å². The fourth-order valence-electron chi connectivity index (χ4n) is 3.33. The molecule has 0 amide bonds. The Balaban J connectivity index is 2.00. The summed E-state index contributed by atoms with van der Waals surface area (Å²) in [5.74, 6) is 0.747. The summed E-state index contributed by atoms with van der Waals surface area (Å²) in [7, 11) is 0. The van der Waals surface area contributed by atoms with E-state index < -0.39 is 11.5 Å². The molecule has 19 heavy (non-hydrogen) atoms. The molecule has 0 spiro atoms. The van der Waals surface area contributed by atoms with Crippen LogP contribution >= 0.6 is 0 Å².